The van der Waals surface area contributed by atoms with Gasteiger partial charge in [-0.2, -0.15) is 0 Å². The second-order valence-corrected chi connectivity index (χ2v) is 3.24. The van der Waals surface area contributed by atoms with Gasteiger partial charge in [0.25, 0.3) is 0 Å². The fourth-order valence-electron chi connectivity index (χ4n) is 0.992. The van der Waals surface area contributed by atoms with Crippen molar-refractivity contribution in [1.82, 2.24) is 10.2 Å². The minimum Gasteiger partial charge on any atom is -0.465 e. The van der Waals surface area contributed by atoms with Crippen LogP contribution in [-0.2, 0) is 9.53 Å². The number of rotatable bonds is 6. The molecule has 2 amide bonds. The van der Waals surface area contributed by atoms with E-state index in [1.165, 1.54) is 0 Å². The summed E-state index contributed by atoms with van der Waals surface area (Å²) in [5, 5.41) is 2.49. The maximum Gasteiger partial charge on any atom is 0.325 e. The highest BCUT2D eigenvalue weighted by molar-refractivity contribution is 5.80. The SMILES string of the molecule is CCCCN(C)C(=O)NCC(=O)OCC. The molecule has 5 heteroatoms. The summed E-state index contributed by atoms with van der Waals surface area (Å²) in [6.07, 6.45) is 2.00. The Morgan fingerprint density at radius 2 is 2.00 bits per heavy atom. The molecule has 0 spiro atoms. The van der Waals surface area contributed by atoms with Crippen LogP contribution < -0.4 is 5.32 Å². The first-order valence-electron chi connectivity index (χ1n) is 5.26. The predicted octanol–water partition coefficient (Wildman–Crippen LogP) is 0.991. The van der Waals surface area contributed by atoms with Crippen molar-refractivity contribution in [3.05, 3.63) is 0 Å². The van der Waals surface area contributed by atoms with E-state index in [1.54, 1.807) is 18.9 Å². The van der Waals surface area contributed by atoms with Crippen LogP contribution in [0.1, 0.15) is 26.7 Å². The van der Waals surface area contributed by atoms with Crippen molar-refractivity contribution in [2.45, 2.75) is 26.7 Å². The Kier molecular flexibility index (Phi) is 7.40. The van der Waals surface area contributed by atoms with Gasteiger partial charge in [-0.3, -0.25) is 4.79 Å². The van der Waals surface area contributed by atoms with Crippen molar-refractivity contribution >= 4 is 12.0 Å². The summed E-state index contributed by atoms with van der Waals surface area (Å²) in [7, 11) is 1.70. The molecule has 88 valence electrons. The quantitative estimate of drug-likeness (QED) is 0.674. The minimum atomic E-state index is -0.408. The number of ether oxygens (including phenoxy) is 1. The number of carbonyl (C=O) groups excluding carboxylic acids is 2. The molecule has 0 aromatic rings. The summed E-state index contributed by atoms with van der Waals surface area (Å²) in [5.74, 6) is -0.408. The first-order valence-corrected chi connectivity index (χ1v) is 5.26. The van der Waals surface area contributed by atoms with Crippen LogP contribution in [0.3, 0.4) is 0 Å². The van der Waals surface area contributed by atoms with Gasteiger partial charge in [0.2, 0.25) is 0 Å². The van der Waals surface area contributed by atoms with E-state index >= 15 is 0 Å². The van der Waals surface area contributed by atoms with Crippen molar-refractivity contribution in [2.24, 2.45) is 0 Å². The molecule has 0 atom stereocenters. The molecule has 0 heterocycles. The number of unbranched alkanes of at least 4 members (excludes halogenated alkanes) is 1. The molecule has 0 saturated carbocycles. The highest BCUT2D eigenvalue weighted by Crippen LogP contribution is 1.91. The molecule has 5 nitrogen and oxygen atoms in total. The molecule has 0 aromatic carbocycles. The molecule has 0 aromatic heterocycles. The van der Waals surface area contributed by atoms with Crippen LogP contribution in [0.25, 0.3) is 0 Å². The number of carbonyl (C=O) groups is 2. The Morgan fingerprint density at radius 3 is 2.53 bits per heavy atom. The molecule has 0 radical (unpaired) electrons. The topological polar surface area (TPSA) is 58.6 Å². The molecule has 0 fully saturated rings. The second-order valence-electron chi connectivity index (χ2n) is 3.24. The van der Waals surface area contributed by atoms with Gasteiger partial charge in [-0.15, -0.1) is 0 Å². The van der Waals surface area contributed by atoms with Gasteiger partial charge in [0.05, 0.1) is 6.61 Å². The largest absolute Gasteiger partial charge is 0.465 e. The summed E-state index contributed by atoms with van der Waals surface area (Å²) in [4.78, 5) is 23.9. The summed E-state index contributed by atoms with van der Waals surface area (Å²) in [5.41, 5.74) is 0. The zero-order valence-corrected chi connectivity index (χ0v) is 9.71. The van der Waals surface area contributed by atoms with Crippen LogP contribution in [-0.4, -0.2) is 43.6 Å². The van der Waals surface area contributed by atoms with Gasteiger partial charge in [0.15, 0.2) is 0 Å². The molecule has 0 rings (SSSR count). The fourth-order valence-corrected chi connectivity index (χ4v) is 0.992. The molecular weight excluding hydrogens is 196 g/mol. The highest BCUT2D eigenvalue weighted by atomic mass is 16.5. The normalized spacial score (nSPS) is 9.53. The molecule has 0 unspecified atom stereocenters. The van der Waals surface area contributed by atoms with Crippen LogP contribution in [0.4, 0.5) is 4.79 Å². The zero-order valence-electron chi connectivity index (χ0n) is 9.71. The van der Waals surface area contributed by atoms with E-state index in [-0.39, 0.29) is 12.6 Å². The lowest BCUT2D eigenvalue weighted by molar-refractivity contribution is -0.141. The Bertz CT molecular complexity index is 207. The lowest BCUT2D eigenvalue weighted by Gasteiger charge is -2.16. The van der Waals surface area contributed by atoms with Crippen LogP contribution in [0.5, 0.6) is 0 Å². The van der Waals surface area contributed by atoms with E-state index in [2.05, 4.69) is 17.0 Å². The van der Waals surface area contributed by atoms with Gasteiger partial charge in [0, 0.05) is 13.6 Å². The molecule has 0 aliphatic rings. The monoisotopic (exact) mass is 216 g/mol. The van der Waals surface area contributed by atoms with Crippen molar-refractivity contribution in [3.63, 3.8) is 0 Å². The van der Waals surface area contributed by atoms with Gasteiger partial charge >= 0.3 is 12.0 Å². The molecule has 0 aliphatic carbocycles. The van der Waals surface area contributed by atoms with Crippen molar-refractivity contribution < 1.29 is 14.3 Å². The van der Waals surface area contributed by atoms with Crippen LogP contribution >= 0.6 is 0 Å². The van der Waals surface area contributed by atoms with E-state index in [9.17, 15) is 9.59 Å². The smallest absolute Gasteiger partial charge is 0.325 e. The minimum absolute atomic E-state index is 0.0663. The highest BCUT2D eigenvalue weighted by Gasteiger charge is 2.09. The van der Waals surface area contributed by atoms with E-state index < -0.39 is 5.97 Å². The van der Waals surface area contributed by atoms with Crippen molar-refractivity contribution in [3.8, 4) is 0 Å². The third kappa shape index (κ3) is 6.76. The molecule has 0 aliphatic heterocycles. The van der Waals surface area contributed by atoms with E-state index in [0.717, 1.165) is 12.8 Å². The molecule has 15 heavy (non-hydrogen) atoms. The number of esters is 1. The maximum absolute atomic E-state index is 11.4. The van der Waals surface area contributed by atoms with Crippen LogP contribution in [0.15, 0.2) is 0 Å². The van der Waals surface area contributed by atoms with Gasteiger partial charge in [-0.05, 0) is 13.3 Å². The first kappa shape index (κ1) is 13.7. The summed E-state index contributed by atoms with van der Waals surface area (Å²) >= 11 is 0. The van der Waals surface area contributed by atoms with Crippen LogP contribution in [0, 0.1) is 0 Å². The Labute approximate surface area is 90.8 Å². The standard InChI is InChI=1S/C10H20N2O3/c1-4-6-7-12(3)10(14)11-8-9(13)15-5-2/h4-8H2,1-3H3,(H,11,14). The van der Waals surface area contributed by atoms with Gasteiger partial charge in [0.1, 0.15) is 6.54 Å². The molecule has 0 saturated heterocycles. The van der Waals surface area contributed by atoms with Crippen LogP contribution in [0.2, 0.25) is 0 Å². The van der Waals surface area contributed by atoms with E-state index in [0.29, 0.717) is 13.2 Å². The zero-order chi connectivity index (χ0) is 11.7. The van der Waals surface area contributed by atoms with E-state index in [1.807, 2.05) is 0 Å². The summed E-state index contributed by atoms with van der Waals surface area (Å²) < 4.78 is 4.68. The molecule has 0 bridgehead atoms. The Hall–Kier alpha value is -1.26. The van der Waals surface area contributed by atoms with Crippen molar-refractivity contribution in [1.29, 1.82) is 0 Å². The Morgan fingerprint density at radius 1 is 1.33 bits per heavy atom. The number of amides is 2. The number of urea groups is 1. The number of hydrogen-bond acceptors (Lipinski definition) is 3. The molecule has 1 N–H and O–H groups in total. The number of nitrogens with one attached hydrogen (secondary N) is 1. The second kappa shape index (κ2) is 8.08. The third-order valence-electron chi connectivity index (χ3n) is 1.88. The number of hydrogen-bond donors (Lipinski definition) is 1. The van der Waals surface area contributed by atoms with Gasteiger partial charge < -0.3 is 15.0 Å². The average molecular weight is 216 g/mol. The predicted molar refractivity (Wildman–Crippen MR) is 57.6 cm³/mol. The fraction of sp³-hybridized carbons (Fsp3) is 0.800. The lowest BCUT2D eigenvalue weighted by Crippen LogP contribution is -2.40. The summed E-state index contributed by atoms with van der Waals surface area (Å²) in [6.45, 7) is 4.76. The third-order valence-corrected chi connectivity index (χ3v) is 1.88. The van der Waals surface area contributed by atoms with E-state index in [4.69, 9.17) is 0 Å². The Balaban J connectivity index is 3.68. The lowest BCUT2D eigenvalue weighted by atomic mass is 10.3. The summed E-state index contributed by atoms with van der Waals surface area (Å²) in [6, 6.07) is -0.239. The first-order chi connectivity index (χ1) is 7.11. The maximum atomic E-state index is 11.4. The van der Waals surface area contributed by atoms with Crippen molar-refractivity contribution in [2.75, 3.05) is 26.7 Å². The molecular formula is C10H20N2O3. The average Bonchev–Trinajstić information content (AvgIpc) is 2.22. The van der Waals surface area contributed by atoms with Gasteiger partial charge in [-0.25, -0.2) is 4.79 Å². The number of nitrogens with zero attached hydrogens (tertiary/aromatic N) is 1. The van der Waals surface area contributed by atoms with Gasteiger partial charge in [-0.1, -0.05) is 13.3 Å².